The Balaban J connectivity index is 0.00000138. The number of H-pyrrole nitrogens is 3. The van der Waals surface area contributed by atoms with Gasteiger partial charge in [-0.2, -0.15) is 13.2 Å². The third-order valence-electron chi connectivity index (χ3n) is 15.9. The lowest BCUT2D eigenvalue weighted by atomic mass is 9.84. The zero-order valence-corrected chi connectivity index (χ0v) is 48.6. The molecular weight excluding hydrogens is 1150 g/mol. The Kier molecular flexibility index (Phi) is 20.9. The zero-order valence-electron chi connectivity index (χ0n) is 48.6. The maximum atomic E-state index is 14.2. The number of amides is 3. The Hall–Kier alpha value is -9.62. The number of rotatable bonds is 27. The topological polar surface area (TPSA) is 379 Å². The Labute approximate surface area is 509 Å². The molecule has 0 unspecified atom stereocenters. The minimum Gasteiger partial charge on any atom is -0.475 e. The van der Waals surface area contributed by atoms with Crippen LogP contribution in [0.4, 0.5) is 30.2 Å². The third-order valence-corrected chi connectivity index (χ3v) is 15.9. The number of nitrogens with one attached hydrogen (secondary N) is 6. The van der Waals surface area contributed by atoms with E-state index in [1.54, 1.807) is 55.0 Å². The van der Waals surface area contributed by atoms with Crippen LogP contribution in [0.2, 0.25) is 0 Å². The van der Waals surface area contributed by atoms with E-state index in [0.717, 1.165) is 66.1 Å². The summed E-state index contributed by atoms with van der Waals surface area (Å²) in [5, 5.41) is 18.4. The molecular formula is C66H71F3N12O8. The van der Waals surface area contributed by atoms with Crippen LogP contribution in [0.25, 0.3) is 32.7 Å². The molecule has 3 heterocycles. The van der Waals surface area contributed by atoms with Crippen molar-refractivity contribution in [3.63, 3.8) is 0 Å². The number of fused-ring (bicyclic) bond motifs is 3. The number of nitrogens with two attached hydrogens (primary N) is 6. The van der Waals surface area contributed by atoms with E-state index >= 15 is 0 Å². The smallest absolute Gasteiger partial charge is 0.475 e. The van der Waals surface area contributed by atoms with Crippen molar-refractivity contribution in [3.8, 4) is 0 Å². The fourth-order valence-electron chi connectivity index (χ4n) is 10.7. The molecule has 89 heavy (non-hydrogen) atoms. The van der Waals surface area contributed by atoms with Gasteiger partial charge in [-0.15, -0.1) is 0 Å². The highest BCUT2D eigenvalue weighted by molar-refractivity contribution is 6.18. The van der Waals surface area contributed by atoms with E-state index in [2.05, 4.69) is 30.9 Å². The maximum Gasteiger partial charge on any atom is 0.490 e. The van der Waals surface area contributed by atoms with Gasteiger partial charge in [0.1, 0.15) is 0 Å². The van der Waals surface area contributed by atoms with Crippen LogP contribution in [0.5, 0.6) is 0 Å². The summed E-state index contributed by atoms with van der Waals surface area (Å²) in [6, 6.07) is 44.2. The molecule has 9 rings (SSSR count). The molecule has 3 aromatic heterocycles. The molecule has 0 fully saturated rings. The highest BCUT2D eigenvalue weighted by Gasteiger charge is 2.44. The van der Waals surface area contributed by atoms with Gasteiger partial charge in [-0.25, -0.2) is 4.79 Å². The van der Waals surface area contributed by atoms with Gasteiger partial charge in [-0.3, -0.25) is 28.8 Å². The molecule has 9 aromatic rings. The molecule has 0 bridgehead atoms. The van der Waals surface area contributed by atoms with Gasteiger partial charge in [-0.05, 0) is 146 Å². The monoisotopic (exact) mass is 1220 g/mol. The van der Waals surface area contributed by atoms with Gasteiger partial charge >= 0.3 is 12.1 Å². The Morgan fingerprint density at radius 1 is 0.416 bits per heavy atom. The molecule has 6 aromatic carbocycles. The van der Waals surface area contributed by atoms with Crippen LogP contribution in [0, 0.1) is 0 Å². The van der Waals surface area contributed by atoms with Crippen LogP contribution in [-0.2, 0) is 52.8 Å². The average molecular weight is 1220 g/mol. The number of alkyl halides is 3. The number of ketones is 3. The van der Waals surface area contributed by atoms with Crippen molar-refractivity contribution >= 4 is 90.8 Å². The number of carboxylic acid groups (broad SMARTS) is 1. The SMILES string of the molecule is NCCC[C@@](N)(C(=O)Cc1c[nH]c2ccccc12)C(=O)Nc1ccc(C(c2ccc(NC(=O)[C@@](N)(CCCN)C(=O)Cc3c[nH]c4ccccc34)cc2)c2ccc(NC(=O)[C@@](N)(CCCN)C(=O)Cc3c[nH]c4ccccc34)cc2)cc1.O=C(O)C(F)(F)F. The van der Waals surface area contributed by atoms with E-state index in [1.807, 2.05) is 109 Å². The number of carbonyl (C=O) groups excluding carboxylic acids is 6. The number of anilines is 3. The van der Waals surface area contributed by atoms with E-state index in [4.69, 9.17) is 44.3 Å². The zero-order chi connectivity index (χ0) is 64.1. The predicted molar refractivity (Wildman–Crippen MR) is 337 cm³/mol. The van der Waals surface area contributed by atoms with Gasteiger partial charge in [-0.1, -0.05) is 91.0 Å². The number of aromatic nitrogens is 3. The molecule has 3 amide bonds. The van der Waals surface area contributed by atoms with Crippen LogP contribution < -0.4 is 50.4 Å². The van der Waals surface area contributed by atoms with Crippen LogP contribution in [0.1, 0.15) is 77.8 Å². The number of carboxylic acids is 1. The van der Waals surface area contributed by atoms with Gasteiger partial charge in [0.05, 0.1) is 0 Å². The Morgan fingerprint density at radius 2 is 0.663 bits per heavy atom. The second-order valence-corrected chi connectivity index (χ2v) is 21.9. The van der Waals surface area contributed by atoms with Crippen LogP contribution in [0.3, 0.4) is 0 Å². The summed E-state index contributed by atoms with van der Waals surface area (Å²) < 4.78 is 31.7. The summed E-state index contributed by atoms with van der Waals surface area (Å²) in [5.74, 6) is -6.60. The lowest BCUT2D eigenvalue weighted by molar-refractivity contribution is -0.192. The first-order valence-corrected chi connectivity index (χ1v) is 28.8. The standard InChI is InChI=1S/C64H70N12O6.C2HF3O2/c65-31-7-28-62(68,55(77)34-43-37-71-52-13-4-1-10-49(43)52)59(80)74-46-22-16-40(17-23-46)58(41-18-24-47(25-19-41)75-60(81)63(69,29-8-32-66)56(78)35-44-38-72-53-14-5-2-11-50(44)53)42-20-26-48(27-21-42)76-61(82)64(70,30-9-33-67)57(79)36-45-39-73-54-15-6-3-12-51(45)54;3-2(4,5)1(6)7/h1-6,10-27,37-39,58,71-73H,7-9,28-36,65-70H2,(H,74,80)(H,75,81)(H,76,82);(H,6,7)/t62-,63-,64-;/m1./s1. The maximum absolute atomic E-state index is 14.2. The lowest BCUT2D eigenvalue weighted by Gasteiger charge is -2.27. The van der Waals surface area contributed by atoms with E-state index in [0.29, 0.717) is 36.3 Å². The van der Waals surface area contributed by atoms with Crippen molar-refractivity contribution in [2.75, 3.05) is 35.6 Å². The first-order chi connectivity index (χ1) is 42.5. The minimum atomic E-state index is -5.08. The molecule has 0 saturated carbocycles. The molecule has 464 valence electrons. The summed E-state index contributed by atoms with van der Waals surface area (Å²) in [6.07, 6.45) is 1.09. The number of hydrogen-bond acceptors (Lipinski definition) is 13. The predicted octanol–water partition coefficient (Wildman–Crippen LogP) is 7.50. The van der Waals surface area contributed by atoms with Crippen LogP contribution >= 0.6 is 0 Å². The highest BCUT2D eigenvalue weighted by atomic mass is 19.4. The van der Waals surface area contributed by atoms with Gasteiger partial charge < -0.3 is 70.4 Å². The normalized spacial score (nSPS) is 13.6. The van der Waals surface area contributed by atoms with Gasteiger partial charge in [0.2, 0.25) is 0 Å². The molecule has 0 radical (unpaired) electrons. The molecule has 23 heteroatoms. The van der Waals surface area contributed by atoms with Crippen molar-refractivity contribution < 1.29 is 51.8 Å². The molecule has 0 saturated heterocycles. The number of hydrogen-bond donors (Lipinski definition) is 13. The highest BCUT2D eigenvalue weighted by Crippen LogP contribution is 2.35. The number of aliphatic carboxylic acids is 1. The molecule has 0 aliphatic rings. The largest absolute Gasteiger partial charge is 0.490 e. The van der Waals surface area contributed by atoms with Crippen molar-refractivity contribution in [1.82, 2.24) is 15.0 Å². The van der Waals surface area contributed by atoms with E-state index in [1.165, 1.54) is 0 Å². The number of para-hydroxylation sites is 3. The van der Waals surface area contributed by atoms with Crippen molar-refractivity contribution in [3.05, 3.63) is 198 Å². The molecule has 0 aliphatic heterocycles. The summed E-state index contributed by atoms with van der Waals surface area (Å²) in [4.78, 5) is 103. The van der Waals surface area contributed by atoms with Gasteiger partial charge in [0, 0.05) is 93.5 Å². The van der Waals surface area contributed by atoms with Crippen LogP contribution in [0.15, 0.2) is 164 Å². The summed E-state index contributed by atoms with van der Waals surface area (Å²) in [6.45, 7) is 0.687. The number of benzene rings is 6. The van der Waals surface area contributed by atoms with Gasteiger partial charge in [0.15, 0.2) is 34.0 Å². The fourth-order valence-corrected chi connectivity index (χ4v) is 10.7. The first-order valence-electron chi connectivity index (χ1n) is 28.8. The van der Waals surface area contributed by atoms with Gasteiger partial charge in [0.25, 0.3) is 17.7 Å². The third kappa shape index (κ3) is 15.2. The molecule has 20 nitrogen and oxygen atoms in total. The number of halogens is 3. The van der Waals surface area contributed by atoms with Crippen molar-refractivity contribution in [2.24, 2.45) is 34.4 Å². The van der Waals surface area contributed by atoms with E-state index in [-0.39, 0.29) is 58.2 Å². The van der Waals surface area contributed by atoms with Crippen molar-refractivity contribution in [2.45, 2.75) is 86.5 Å². The second kappa shape index (κ2) is 28.5. The molecule has 0 aliphatic carbocycles. The molecule has 0 spiro atoms. The quantitative estimate of drug-likeness (QED) is 0.0175. The fraction of sp³-hybridized carbons (Fsp3) is 0.258. The second-order valence-electron chi connectivity index (χ2n) is 21.9. The average Bonchev–Trinajstić information content (AvgIpc) is 3.09. The lowest BCUT2D eigenvalue weighted by Crippen LogP contribution is -2.58. The summed E-state index contributed by atoms with van der Waals surface area (Å²) >= 11 is 0. The van der Waals surface area contributed by atoms with E-state index < -0.39 is 69.8 Å². The number of Topliss-reactive ketones (excluding diaryl/α,β-unsaturated/α-hetero) is 3. The molecule has 19 N–H and O–H groups in total. The summed E-state index contributed by atoms with van der Waals surface area (Å²) in [5.41, 5.74) is 40.5. The van der Waals surface area contributed by atoms with E-state index in [9.17, 15) is 41.9 Å². The molecule has 3 atom stereocenters. The summed E-state index contributed by atoms with van der Waals surface area (Å²) in [7, 11) is 0. The number of carbonyl (C=O) groups is 7. The van der Waals surface area contributed by atoms with Crippen molar-refractivity contribution in [1.29, 1.82) is 0 Å². The van der Waals surface area contributed by atoms with Crippen LogP contribution in [-0.4, -0.2) is 104 Å². The first kappa shape index (κ1) is 65.4. The Bertz CT molecular complexity index is 3610. The minimum absolute atomic E-state index is 0.0339. The Morgan fingerprint density at radius 3 is 0.899 bits per heavy atom. The number of aromatic amines is 3.